The van der Waals surface area contributed by atoms with Gasteiger partial charge in [0.05, 0.1) is 11.1 Å². The standard InChI is InChI=1S/C20H24N2O3/c1-12-9-10-17-15(11-12)18(14-7-5-6-8-16(14)21-17)20(24)25-13(2)19(23)22(3)4/h5-8,12-13H,9-11H2,1-4H3/t12-,13+/m0/s1. The normalized spacial score (nSPS) is 17.7. The molecule has 25 heavy (non-hydrogen) atoms. The number of nitrogens with zero attached hydrogens (tertiary/aromatic N) is 2. The number of esters is 1. The molecule has 5 heteroatoms. The zero-order valence-corrected chi connectivity index (χ0v) is 15.2. The van der Waals surface area contributed by atoms with Crippen molar-refractivity contribution in [1.82, 2.24) is 9.88 Å². The van der Waals surface area contributed by atoms with Gasteiger partial charge in [0.2, 0.25) is 0 Å². The van der Waals surface area contributed by atoms with Crippen LogP contribution in [0.1, 0.15) is 41.9 Å². The van der Waals surface area contributed by atoms with E-state index in [9.17, 15) is 9.59 Å². The van der Waals surface area contributed by atoms with Gasteiger partial charge >= 0.3 is 5.97 Å². The first-order chi connectivity index (χ1) is 11.9. The molecule has 5 nitrogen and oxygen atoms in total. The monoisotopic (exact) mass is 340 g/mol. The van der Waals surface area contributed by atoms with E-state index in [1.165, 1.54) is 4.90 Å². The third kappa shape index (κ3) is 3.36. The Morgan fingerprint density at radius 3 is 2.72 bits per heavy atom. The zero-order valence-electron chi connectivity index (χ0n) is 15.2. The van der Waals surface area contributed by atoms with Gasteiger partial charge in [-0.2, -0.15) is 0 Å². The van der Waals surface area contributed by atoms with Gasteiger partial charge in [-0.15, -0.1) is 0 Å². The Labute approximate surface area is 148 Å². The molecule has 1 aromatic carbocycles. The molecular weight excluding hydrogens is 316 g/mol. The van der Waals surface area contributed by atoms with Crippen LogP contribution in [0, 0.1) is 5.92 Å². The topological polar surface area (TPSA) is 59.5 Å². The van der Waals surface area contributed by atoms with E-state index in [0.29, 0.717) is 11.5 Å². The molecule has 0 aliphatic heterocycles. The molecule has 0 N–H and O–H groups in total. The molecule has 1 heterocycles. The predicted octanol–water partition coefficient (Wildman–Crippen LogP) is 2.99. The highest BCUT2D eigenvalue weighted by Crippen LogP contribution is 2.32. The van der Waals surface area contributed by atoms with Crippen LogP contribution in [0.4, 0.5) is 0 Å². The minimum absolute atomic E-state index is 0.228. The van der Waals surface area contributed by atoms with Crippen LogP contribution in [0.15, 0.2) is 24.3 Å². The second-order valence-corrected chi connectivity index (χ2v) is 7.06. The number of ether oxygens (including phenoxy) is 1. The average molecular weight is 340 g/mol. The Bertz CT molecular complexity index is 829. The summed E-state index contributed by atoms with van der Waals surface area (Å²) >= 11 is 0. The molecule has 1 aromatic heterocycles. The summed E-state index contributed by atoms with van der Waals surface area (Å²) in [5, 5.41) is 0.796. The maximum Gasteiger partial charge on any atom is 0.339 e. The minimum Gasteiger partial charge on any atom is -0.449 e. The molecule has 1 aliphatic rings. The number of likely N-dealkylation sites (N-methyl/N-ethyl adjacent to an activating group) is 1. The van der Waals surface area contributed by atoms with Crippen LogP contribution in [-0.4, -0.2) is 42.0 Å². The molecule has 0 unspecified atom stereocenters. The van der Waals surface area contributed by atoms with Crippen LogP contribution in [-0.2, 0) is 22.4 Å². The lowest BCUT2D eigenvalue weighted by Gasteiger charge is -2.25. The van der Waals surface area contributed by atoms with Gasteiger partial charge in [-0.3, -0.25) is 9.78 Å². The summed E-state index contributed by atoms with van der Waals surface area (Å²) < 4.78 is 5.51. The van der Waals surface area contributed by atoms with Crippen LogP contribution in [0.5, 0.6) is 0 Å². The van der Waals surface area contributed by atoms with Crippen molar-refractivity contribution in [2.24, 2.45) is 5.92 Å². The van der Waals surface area contributed by atoms with E-state index in [4.69, 9.17) is 9.72 Å². The highest BCUT2D eigenvalue weighted by Gasteiger charge is 2.28. The minimum atomic E-state index is -0.814. The smallest absolute Gasteiger partial charge is 0.339 e. The Kier molecular flexibility index (Phi) is 4.75. The van der Waals surface area contributed by atoms with E-state index >= 15 is 0 Å². The number of amides is 1. The lowest BCUT2D eigenvalue weighted by molar-refractivity contribution is -0.137. The van der Waals surface area contributed by atoms with Crippen molar-refractivity contribution in [3.05, 3.63) is 41.1 Å². The molecule has 0 fully saturated rings. The van der Waals surface area contributed by atoms with Crippen molar-refractivity contribution >= 4 is 22.8 Å². The summed E-state index contributed by atoms with van der Waals surface area (Å²) in [6, 6.07) is 7.63. The lowest BCUT2D eigenvalue weighted by atomic mass is 9.84. The Hall–Kier alpha value is -2.43. The molecule has 0 spiro atoms. The number of aromatic nitrogens is 1. The second kappa shape index (κ2) is 6.82. The van der Waals surface area contributed by atoms with Crippen LogP contribution in [0.2, 0.25) is 0 Å². The van der Waals surface area contributed by atoms with E-state index in [1.54, 1.807) is 21.0 Å². The number of fused-ring (bicyclic) bond motifs is 2. The Morgan fingerprint density at radius 2 is 2.00 bits per heavy atom. The van der Waals surface area contributed by atoms with Crippen molar-refractivity contribution in [1.29, 1.82) is 0 Å². The van der Waals surface area contributed by atoms with Gasteiger partial charge in [0.15, 0.2) is 6.10 Å². The maximum atomic E-state index is 13.0. The molecule has 0 bridgehead atoms. The SMILES string of the molecule is C[C@H]1CCc2nc3ccccc3c(C(=O)O[C@H](C)C(=O)N(C)C)c2C1. The van der Waals surface area contributed by atoms with Gasteiger partial charge in [0.1, 0.15) is 0 Å². The van der Waals surface area contributed by atoms with Crippen molar-refractivity contribution in [2.75, 3.05) is 14.1 Å². The average Bonchev–Trinajstić information content (AvgIpc) is 2.58. The van der Waals surface area contributed by atoms with Gasteiger partial charge in [0, 0.05) is 25.2 Å². The van der Waals surface area contributed by atoms with E-state index in [-0.39, 0.29) is 5.91 Å². The first-order valence-corrected chi connectivity index (χ1v) is 8.71. The highest BCUT2D eigenvalue weighted by atomic mass is 16.5. The van der Waals surface area contributed by atoms with E-state index in [0.717, 1.165) is 41.4 Å². The first-order valence-electron chi connectivity index (χ1n) is 8.71. The van der Waals surface area contributed by atoms with Gasteiger partial charge < -0.3 is 9.64 Å². The molecule has 1 aliphatic carbocycles. The summed E-state index contributed by atoms with van der Waals surface area (Å²) in [6.07, 6.45) is 1.94. The molecule has 2 aromatic rings. The number of aryl methyl sites for hydroxylation is 1. The Balaban J connectivity index is 2.06. The zero-order chi connectivity index (χ0) is 18.1. The molecule has 0 radical (unpaired) electrons. The number of para-hydroxylation sites is 1. The summed E-state index contributed by atoms with van der Waals surface area (Å²) in [6.45, 7) is 3.80. The van der Waals surface area contributed by atoms with Crippen molar-refractivity contribution in [3.63, 3.8) is 0 Å². The predicted molar refractivity (Wildman–Crippen MR) is 96.5 cm³/mol. The summed E-state index contributed by atoms with van der Waals surface area (Å²) in [4.78, 5) is 31.2. The highest BCUT2D eigenvalue weighted by molar-refractivity contribution is 6.05. The molecule has 0 saturated heterocycles. The molecular formula is C20H24N2O3. The van der Waals surface area contributed by atoms with Gasteiger partial charge in [-0.25, -0.2) is 4.79 Å². The van der Waals surface area contributed by atoms with Crippen molar-refractivity contribution in [2.45, 2.75) is 39.2 Å². The van der Waals surface area contributed by atoms with Gasteiger partial charge in [-0.1, -0.05) is 25.1 Å². The van der Waals surface area contributed by atoms with Gasteiger partial charge in [0.25, 0.3) is 5.91 Å². The number of rotatable bonds is 3. The second-order valence-electron chi connectivity index (χ2n) is 7.06. The van der Waals surface area contributed by atoms with Crippen LogP contribution >= 0.6 is 0 Å². The third-order valence-electron chi connectivity index (χ3n) is 4.78. The number of carbonyl (C=O) groups excluding carboxylic acids is 2. The summed E-state index contributed by atoms with van der Waals surface area (Å²) in [5.74, 6) is -0.163. The molecule has 132 valence electrons. The Morgan fingerprint density at radius 1 is 1.28 bits per heavy atom. The maximum absolute atomic E-state index is 13.0. The summed E-state index contributed by atoms with van der Waals surface area (Å²) in [7, 11) is 3.30. The van der Waals surface area contributed by atoms with Crippen molar-refractivity contribution in [3.8, 4) is 0 Å². The molecule has 3 rings (SSSR count). The molecule has 1 amide bonds. The first kappa shape index (κ1) is 17.4. The van der Waals surface area contributed by atoms with Gasteiger partial charge in [-0.05, 0) is 43.7 Å². The number of hydrogen-bond donors (Lipinski definition) is 0. The van der Waals surface area contributed by atoms with Crippen LogP contribution < -0.4 is 0 Å². The number of carbonyl (C=O) groups is 2. The number of pyridine rings is 1. The number of hydrogen-bond acceptors (Lipinski definition) is 4. The lowest BCUT2D eigenvalue weighted by Crippen LogP contribution is -2.35. The van der Waals surface area contributed by atoms with Crippen LogP contribution in [0.25, 0.3) is 10.9 Å². The number of benzene rings is 1. The fourth-order valence-corrected chi connectivity index (χ4v) is 3.43. The van der Waals surface area contributed by atoms with E-state index in [2.05, 4.69) is 6.92 Å². The third-order valence-corrected chi connectivity index (χ3v) is 4.78. The molecule has 2 atom stereocenters. The van der Waals surface area contributed by atoms with Crippen molar-refractivity contribution < 1.29 is 14.3 Å². The fourth-order valence-electron chi connectivity index (χ4n) is 3.43. The summed E-state index contributed by atoms with van der Waals surface area (Å²) in [5.41, 5.74) is 3.34. The van der Waals surface area contributed by atoms with E-state index < -0.39 is 12.1 Å². The largest absolute Gasteiger partial charge is 0.449 e. The molecule has 0 saturated carbocycles. The van der Waals surface area contributed by atoms with Crippen LogP contribution in [0.3, 0.4) is 0 Å². The quantitative estimate of drug-likeness (QED) is 0.806. The van der Waals surface area contributed by atoms with E-state index in [1.807, 2.05) is 24.3 Å². The fraction of sp³-hybridized carbons (Fsp3) is 0.450.